The van der Waals surface area contributed by atoms with Gasteiger partial charge in [-0.1, -0.05) is 24.4 Å². The Morgan fingerprint density at radius 1 is 1.21 bits per heavy atom. The number of benzene rings is 1. The lowest BCUT2D eigenvalue weighted by atomic mass is 9.95. The van der Waals surface area contributed by atoms with Crippen LogP contribution in [0.1, 0.15) is 57.3 Å². The number of nitrogens with one attached hydrogen (secondary N) is 2. The number of hydrogen-bond acceptors (Lipinski definition) is 5. The number of likely N-dealkylation sites (tertiary alicyclic amines) is 1. The molecule has 2 N–H and O–H groups in total. The monoisotopic (exact) mass is 418 g/mol. The maximum atomic E-state index is 12.5. The van der Waals surface area contributed by atoms with Crippen LogP contribution in [-0.4, -0.2) is 47.0 Å². The average Bonchev–Trinajstić information content (AvgIpc) is 3.36. The third-order valence-corrected chi connectivity index (χ3v) is 6.33. The number of aromatic nitrogens is 1. The Labute approximate surface area is 175 Å². The molecule has 2 fully saturated rings. The predicted octanol–water partition coefficient (Wildman–Crippen LogP) is 3.82. The average molecular weight is 419 g/mol. The molecule has 2 aliphatic rings. The maximum Gasteiger partial charge on any atom is 0.321 e. The summed E-state index contributed by atoms with van der Waals surface area (Å²) in [5, 5.41) is 6.03. The van der Waals surface area contributed by atoms with E-state index in [9.17, 15) is 9.59 Å². The topological polar surface area (TPSA) is 87.5 Å². The van der Waals surface area contributed by atoms with Gasteiger partial charge in [-0.25, -0.2) is 9.78 Å². The molecular formula is C21H27ClN4O3. The summed E-state index contributed by atoms with van der Waals surface area (Å²) >= 11 is 6.03. The van der Waals surface area contributed by atoms with Crippen LogP contribution >= 0.6 is 11.6 Å². The SMILES string of the molecule is CC(C(=O)NC(=O)NC1CCCC1)N1CCC(c2nc3cc(Cl)ccc3o2)CC1. The zero-order valence-electron chi connectivity index (χ0n) is 16.6. The van der Waals surface area contributed by atoms with Crippen LogP contribution < -0.4 is 10.6 Å². The fourth-order valence-electron chi connectivity index (χ4n) is 4.30. The number of imide groups is 1. The Hall–Kier alpha value is -2.12. The number of piperidine rings is 1. The molecule has 2 aromatic rings. The highest BCUT2D eigenvalue weighted by atomic mass is 35.5. The van der Waals surface area contributed by atoms with Crippen molar-refractivity contribution >= 4 is 34.6 Å². The first kappa shape index (κ1) is 20.2. The van der Waals surface area contributed by atoms with Crippen LogP contribution in [0.15, 0.2) is 22.6 Å². The van der Waals surface area contributed by atoms with Gasteiger partial charge in [0.15, 0.2) is 11.5 Å². The van der Waals surface area contributed by atoms with Crippen molar-refractivity contribution < 1.29 is 14.0 Å². The molecule has 156 valence electrons. The number of oxazole rings is 1. The number of carbonyl (C=O) groups is 2. The molecule has 1 saturated heterocycles. The highest BCUT2D eigenvalue weighted by Crippen LogP contribution is 2.31. The Bertz CT molecular complexity index is 885. The lowest BCUT2D eigenvalue weighted by molar-refractivity contribution is -0.125. The summed E-state index contributed by atoms with van der Waals surface area (Å²) in [5.74, 6) is 0.698. The number of amides is 3. The minimum atomic E-state index is -0.381. The first-order valence-corrected chi connectivity index (χ1v) is 10.8. The Morgan fingerprint density at radius 3 is 2.66 bits per heavy atom. The summed E-state index contributed by atoms with van der Waals surface area (Å²) in [6.07, 6.45) is 5.97. The first-order valence-electron chi connectivity index (χ1n) is 10.4. The Morgan fingerprint density at radius 2 is 1.93 bits per heavy atom. The fourth-order valence-corrected chi connectivity index (χ4v) is 4.47. The van der Waals surface area contributed by atoms with E-state index in [1.165, 1.54) is 0 Å². The van der Waals surface area contributed by atoms with E-state index in [0.717, 1.165) is 68.6 Å². The second-order valence-corrected chi connectivity index (χ2v) is 8.53. The summed E-state index contributed by atoms with van der Waals surface area (Å²) < 4.78 is 5.90. The number of fused-ring (bicyclic) bond motifs is 1. The Kier molecular flexibility index (Phi) is 6.06. The summed E-state index contributed by atoms with van der Waals surface area (Å²) in [5.41, 5.74) is 1.52. The standard InChI is InChI=1S/C21H27ClN4O3/c1-13(19(27)25-21(28)23-16-4-2-3-5-16)26-10-8-14(9-11-26)20-24-17-12-15(22)6-7-18(17)29-20/h6-7,12-14,16H,2-5,8-11H2,1H3,(H2,23,25,27,28). The third kappa shape index (κ3) is 4.73. The zero-order chi connectivity index (χ0) is 20.4. The van der Waals surface area contributed by atoms with Gasteiger partial charge in [0.1, 0.15) is 5.52 Å². The van der Waals surface area contributed by atoms with E-state index in [1.54, 1.807) is 6.07 Å². The second kappa shape index (κ2) is 8.71. The minimum absolute atomic E-state index is 0.194. The van der Waals surface area contributed by atoms with Gasteiger partial charge < -0.3 is 9.73 Å². The molecule has 0 radical (unpaired) electrons. The van der Waals surface area contributed by atoms with Gasteiger partial charge in [0.25, 0.3) is 0 Å². The molecule has 0 bridgehead atoms. The summed E-state index contributed by atoms with van der Waals surface area (Å²) in [4.78, 5) is 31.2. The van der Waals surface area contributed by atoms with E-state index >= 15 is 0 Å². The van der Waals surface area contributed by atoms with Crippen LogP contribution in [0.4, 0.5) is 4.79 Å². The Balaban J connectivity index is 1.28. The first-order chi connectivity index (χ1) is 14.0. The van der Waals surface area contributed by atoms with Gasteiger partial charge >= 0.3 is 6.03 Å². The molecule has 2 heterocycles. The normalized spacial score (nSPS) is 20.1. The van der Waals surface area contributed by atoms with Crippen LogP contribution in [-0.2, 0) is 4.79 Å². The molecule has 4 rings (SSSR count). The van der Waals surface area contributed by atoms with E-state index in [-0.39, 0.29) is 29.9 Å². The van der Waals surface area contributed by atoms with Gasteiger partial charge in [0, 0.05) is 17.0 Å². The van der Waals surface area contributed by atoms with Crippen molar-refractivity contribution in [2.45, 2.75) is 63.5 Å². The van der Waals surface area contributed by atoms with Crippen molar-refractivity contribution in [1.82, 2.24) is 20.5 Å². The number of hydrogen-bond donors (Lipinski definition) is 2. The van der Waals surface area contributed by atoms with Gasteiger partial charge in [-0.2, -0.15) is 0 Å². The van der Waals surface area contributed by atoms with Crippen LogP contribution in [0, 0.1) is 0 Å². The molecule has 1 aliphatic carbocycles. The molecular weight excluding hydrogens is 392 g/mol. The van der Waals surface area contributed by atoms with E-state index in [0.29, 0.717) is 5.02 Å². The van der Waals surface area contributed by atoms with Crippen molar-refractivity contribution in [3.8, 4) is 0 Å². The highest BCUT2D eigenvalue weighted by molar-refractivity contribution is 6.31. The van der Waals surface area contributed by atoms with Crippen LogP contribution in [0.2, 0.25) is 5.02 Å². The number of nitrogens with zero attached hydrogens (tertiary/aromatic N) is 2. The fraction of sp³-hybridized carbons (Fsp3) is 0.571. The molecule has 0 spiro atoms. The summed E-state index contributed by atoms with van der Waals surface area (Å²) in [6.45, 7) is 3.35. The largest absolute Gasteiger partial charge is 0.440 e. The molecule has 1 unspecified atom stereocenters. The minimum Gasteiger partial charge on any atom is -0.440 e. The quantitative estimate of drug-likeness (QED) is 0.788. The summed E-state index contributed by atoms with van der Waals surface area (Å²) in [6, 6.07) is 4.90. The number of carbonyl (C=O) groups excluding carboxylic acids is 2. The van der Waals surface area contributed by atoms with Crippen LogP contribution in [0.3, 0.4) is 0 Å². The molecule has 1 aliphatic heterocycles. The molecule has 29 heavy (non-hydrogen) atoms. The number of rotatable bonds is 4. The van der Waals surface area contributed by atoms with Crippen molar-refractivity contribution in [3.63, 3.8) is 0 Å². The van der Waals surface area contributed by atoms with Crippen molar-refractivity contribution in [3.05, 3.63) is 29.1 Å². The van der Waals surface area contributed by atoms with Crippen LogP contribution in [0.25, 0.3) is 11.1 Å². The van der Waals surface area contributed by atoms with Gasteiger partial charge in [0.05, 0.1) is 6.04 Å². The molecule has 7 nitrogen and oxygen atoms in total. The summed E-state index contributed by atoms with van der Waals surface area (Å²) in [7, 11) is 0. The van der Waals surface area contributed by atoms with Crippen LogP contribution in [0.5, 0.6) is 0 Å². The molecule has 1 aromatic carbocycles. The number of halogens is 1. The molecule has 8 heteroatoms. The molecule has 1 aromatic heterocycles. The van der Waals surface area contributed by atoms with E-state index in [2.05, 4.69) is 20.5 Å². The van der Waals surface area contributed by atoms with E-state index in [1.807, 2.05) is 19.1 Å². The van der Waals surface area contributed by atoms with Crippen molar-refractivity contribution in [2.75, 3.05) is 13.1 Å². The van der Waals surface area contributed by atoms with E-state index in [4.69, 9.17) is 16.0 Å². The smallest absolute Gasteiger partial charge is 0.321 e. The zero-order valence-corrected chi connectivity index (χ0v) is 17.4. The van der Waals surface area contributed by atoms with Gasteiger partial charge in [-0.3, -0.25) is 15.0 Å². The van der Waals surface area contributed by atoms with E-state index < -0.39 is 0 Å². The molecule has 1 atom stereocenters. The molecule has 1 saturated carbocycles. The number of urea groups is 1. The lowest BCUT2D eigenvalue weighted by Crippen LogP contribution is -2.52. The van der Waals surface area contributed by atoms with Crippen molar-refractivity contribution in [1.29, 1.82) is 0 Å². The van der Waals surface area contributed by atoms with Crippen molar-refractivity contribution in [2.24, 2.45) is 0 Å². The molecule has 3 amide bonds. The maximum absolute atomic E-state index is 12.5. The highest BCUT2D eigenvalue weighted by Gasteiger charge is 2.30. The lowest BCUT2D eigenvalue weighted by Gasteiger charge is -2.34. The van der Waals surface area contributed by atoms with Gasteiger partial charge in [-0.15, -0.1) is 0 Å². The van der Waals surface area contributed by atoms with Gasteiger partial charge in [-0.05, 0) is 63.9 Å². The van der Waals surface area contributed by atoms with Gasteiger partial charge in [0.2, 0.25) is 5.91 Å². The second-order valence-electron chi connectivity index (χ2n) is 8.09. The third-order valence-electron chi connectivity index (χ3n) is 6.10. The predicted molar refractivity (Wildman–Crippen MR) is 111 cm³/mol.